The SMILES string of the molecule is c1cncc(Nc2nnc3ccccc3n2)c1. The summed E-state index contributed by atoms with van der Waals surface area (Å²) >= 11 is 0. The number of hydrogen-bond acceptors (Lipinski definition) is 5. The number of benzene rings is 1. The van der Waals surface area contributed by atoms with Gasteiger partial charge in [-0.25, -0.2) is 4.98 Å². The molecule has 3 rings (SSSR count). The van der Waals surface area contributed by atoms with Gasteiger partial charge in [-0.2, -0.15) is 0 Å². The Bertz CT molecular complexity index is 638. The number of pyridine rings is 1. The fourth-order valence-corrected chi connectivity index (χ4v) is 1.50. The van der Waals surface area contributed by atoms with Gasteiger partial charge in [0.15, 0.2) is 0 Å². The summed E-state index contributed by atoms with van der Waals surface area (Å²) in [5.74, 6) is 0.469. The molecule has 0 atom stereocenters. The van der Waals surface area contributed by atoms with Crippen LogP contribution in [-0.4, -0.2) is 20.2 Å². The molecular formula is C12H9N5. The Balaban J connectivity index is 1.96. The largest absolute Gasteiger partial charge is 0.321 e. The molecule has 5 nitrogen and oxygen atoms in total. The smallest absolute Gasteiger partial charge is 0.247 e. The summed E-state index contributed by atoms with van der Waals surface area (Å²) in [6.07, 6.45) is 3.42. The van der Waals surface area contributed by atoms with Crippen molar-refractivity contribution < 1.29 is 0 Å². The van der Waals surface area contributed by atoms with Crippen molar-refractivity contribution in [2.75, 3.05) is 5.32 Å². The third kappa shape index (κ3) is 2.03. The lowest BCUT2D eigenvalue weighted by Crippen LogP contribution is -1.99. The maximum atomic E-state index is 4.36. The molecule has 1 aromatic carbocycles. The lowest BCUT2D eigenvalue weighted by atomic mass is 10.3. The van der Waals surface area contributed by atoms with Gasteiger partial charge >= 0.3 is 0 Å². The average Bonchev–Trinajstić information content (AvgIpc) is 2.40. The highest BCUT2D eigenvalue weighted by Gasteiger charge is 2.00. The Hall–Kier alpha value is -2.56. The third-order valence-electron chi connectivity index (χ3n) is 2.28. The van der Waals surface area contributed by atoms with Crippen LogP contribution in [0, 0.1) is 0 Å². The monoisotopic (exact) mass is 223 g/mol. The predicted octanol–water partition coefficient (Wildman–Crippen LogP) is 2.16. The molecule has 2 aromatic heterocycles. The van der Waals surface area contributed by atoms with Gasteiger partial charge in [-0.05, 0) is 24.3 Å². The third-order valence-corrected chi connectivity index (χ3v) is 2.28. The Morgan fingerprint density at radius 1 is 0.882 bits per heavy atom. The molecule has 0 unspecified atom stereocenters. The molecule has 0 bridgehead atoms. The zero-order chi connectivity index (χ0) is 11.5. The van der Waals surface area contributed by atoms with E-state index >= 15 is 0 Å². The quantitative estimate of drug-likeness (QED) is 0.721. The van der Waals surface area contributed by atoms with Crippen molar-refractivity contribution in [3.8, 4) is 0 Å². The lowest BCUT2D eigenvalue weighted by Gasteiger charge is -2.03. The molecule has 1 N–H and O–H groups in total. The van der Waals surface area contributed by atoms with Crippen LogP contribution >= 0.6 is 0 Å². The molecule has 82 valence electrons. The summed E-state index contributed by atoms with van der Waals surface area (Å²) in [4.78, 5) is 8.36. The number of para-hydroxylation sites is 1. The minimum Gasteiger partial charge on any atom is -0.321 e. The van der Waals surface area contributed by atoms with Crippen LogP contribution in [0.3, 0.4) is 0 Å². The van der Waals surface area contributed by atoms with Crippen LogP contribution in [0.25, 0.3) is 11.0 Å². The van der Waals surface area contributed by atoms with Crippen molar-refractivity contribution in [2.24, 2.45) is 0 Å². The van der Waals surface area contributed by atoms with Gasteiger partial charge in [0.05, 0.1) is 17.4 Å². The molecule has 0 fully saturated rings. The molecular weight excluding hydrogens is 214 g/mol. The normalized spacial score (nSPS) is 10.4. The van der Waals surface area contributed by atoms with E-state index in [0.29, 0.717) is 5.95 Å². The highest BCUT2D eigenvalue weighted by atomic mass is 15.2. The summed E-state index contributed by atoms with van der Waals surface area (Å²) in [6.45, 7) is 0. The molecule has 0 aliphatic carbocycles. The number of rotatable bonds is 2. The van der Waals surface area contributed by atoms with Crippen LogP contribution in [-0.2, 0) is 0 Å². The van der Waals surface area contributed by atoms with E-state index in [-0.39, 0.29) is 0 Å². The first kappa shape index (κ1) is 9.65. The number of fused-ring (bicyclic) bond motifs is 1. The molecule has 0 radical (unpaired) electrons. The molecule has 0 saturated carbocycles. The van der Waals surface area contributed by atoms with Gasteiger partial charge in [-0.3, -0.25) is 4.98 Å². The highest BCUT2D eigenvalue weighted by molar-refractivity contribution is 5.74. The van der Waals surface area contributed by atoms with Crippen molar-refractivity contribution in [1.29, 1.82) is 0 Å². The minimum atomic E-state index is 0.469. The second-order valence-corrected chi connectivity index (χ2v) is 3.49. The van der Waals surface area contributed by atoms with Gasteiger partial charge in [0.1, 0.15) is 5.52 Å². The van der Waals surface area contributed by atoms with Crippen molar-refractivity contribution >= 4 is 22.7 Å². The molecule has 0 aliphatic rings. The van der Waals surface area contributed by atoms with E-state index in [2.05, 4.69) is 25.5 Å². The summed E-state index contributed by atoms with van der Waals surface area (Å²) in [5, 5.41) is 11.1. The minimum absolute atomic E-state index is 0.469. The molecule has 0 spiro atoms. The van der Waals surface area contributed by atoms with E-state index < -0.39 is 0 Å². The van der Waals surface area contributed by atoms with Gasteiger partial charge in [-0.15, -0.1) is 10.2 Å². The Morgan fingerprint density at radius 2 is 1.76 bits per heavy atom. The maximum absolute atomic E-state index is 4.36. The maximum Gasteiger partial charge on any atom is 0.247 e. The number of anilines is 2. The predicted molar refractivity (Wildman–Crippen MR) is 64.9 cm³/mol. The summed E-state index contributed by atoms with van der Waals surface area (Å²) in [7, 11) is 0. The Morgan fingerprint density at radius 3 is 2.59 bits per heavy atom. The Kier molecular flexibility index (Phi) is 2.34. The van der Waals surface area contributed by atoms with Gasteiger partial charge in [0.25, 0.3) is 0 Å². The second kappa shape index (κ2) is 4.13. The van der Waals surface area contributed by atoms with E-state index in [1.54, 1.807) is 12.4 Å². The number of hydrogen-bond donors (Lipinski definition) is 1. The van der Waals surface area contributed by atoms with E-state index in [1.807, 2.05) is 36.4 Å². The van der Waals surface area contributed by atoms with E-state index in [0.717, 1.165) is 16.7 Å². The Labute approximate surface area is 97.6 Å². The first-order chi connectivity index (χ1) is 8.42. The molecule has 0 aliphatic heterocycles. The number of aromatic nitrogens is 4. The van der Waals surface area contributed by atoms with Crippen LogP contribution in [0.5, 0.6) is 0 Å². The number of nitrogens with one attached hydrogen (secondary N) is 1. The average molecular weight is 223 g/mol. The van der Waals surface area contributed by atoms with Crippen molar-refractivity contribution in [3.63, 3.8) is 0 Å². The van der Waals surface area contributed by atoms with Gasteiger partial charge in [0.2, 0.25) is 5.95 Å². The van der Waals surface area contributed by atoms with Crippen LogP contribution in [0.1, 0.15) is 0 Å². The summed E-state index contributed by atoms with van der Waals surface area (Å²) in [5.41, 5.74) is 2.43. The van der Waals surface area contributed by atoms with E-state index in [9.17, 15) is 0 Å². The standard InChI is InChI=1S/C12H9N5/c1-2-6-11-10(5-1)15-12(17-16-11)14-9-4-3-7-13-8-9/h1-8H,(H,14,15,17). The molecule has 0 amide bonds. The fraction of sp³-hybridized carbons (Fsp3) is 0. The van der Waals surface area contributed by atoms with Crippen LogP contribution in [0.15, 0.2) is 48.8 Å². The zero-order valence-corrected chi connectivity index (χ0v) is 8.91. The summed E-state index contributed by atoms with van der Waals surface area (Å²) in [6, 6.07) is 11.3. The van der Waals surface area contributed by atoms with Crippen molar-refractivity contribution in [3.05, 3.63) is 48.8 Å². The molecule has 0 saturated heterocycles. The highest BCUT2D eigenvalue weighted by Crippen LogP contribution is 2.13. The van der Waals surface area contributed by atoms with Crippen molar-refractivity contribution in [1.82, 2.24) is 20.2 Å². The van der Waals surface area contributed by atoms with Crippen LogP contribution in [0.2, 0.25) is 0 Å². The fourth-order valence-electron chi connectivity index (χ4n) is 1.50. The van der Waals surface area contributed by atoms with E-state index in [1.165, 1.54) is 0 Å². The number of nitrogens with zero attached hydrogens (tertiary/aromatic N) is 4. The zero-order valence-electron chi connectivity index (χ0n) is 8.91. The molecule has 3 aromatic rings. The molecule has 17 heavy (non-hydrogen) atoms. The van der Waals surface area contributed by atoms with Gasteiger partial charge < -0.3 is 5.32 Å². The molecule has 5 heteroatoms. The van der Waals surface area contributed by atoms with Crippen molar-refractivity contribution in [2.45, 2.75) is 0 Å². The van der Waals surface area contributed by atoms with Crippen LogP contribution < -0.4 is 5.32 Å². The second-order valence-electron chi connectivity index (χ2n) is 3.49. The lowest BCUT2D eigenvalue weighted by molar-refractivity contribution is 1.03. The molecule has 2 heterocycles. The topological polar surface area (TPSA) is 63.6 Å². The van der Waals surface area contributed by atoms with Gasteiger partial charge in [-0.1, -0.05) is 12.1 Å². The van der Waals surface area contributed by atoms with Gasteiger partial charge in [0, 0.05) is 6.20 Å². The van der Waals surface area contributed by atoms with Crippen LogP contribution in [0.4, 0.5) is 11.6 Å². The first-order valence-electron chi connectivity index (χ1n) is 5.18. The first-order valence-corrected chi connectivity index (χ1v) is 5.18. The summed E-state index contributed by atoms with van der Waals surface area (Å²) < 4.78 is 0. The van der Waals surface area contributed by atoms with E-state index in [4.69, 9.17) is 0 Å².